The molecule has 0 aliphatic carbocycles. The number of sulfonamides is 1. The predicted octanol–water partition coefficient (Wildman–Crippen LogP) is 0.0139. The zero-order chi connectivity index (χ0) is 15.0. The molecule has 1 aliphatic heterocycles. The second kappa shape index (κ2) is 5.11. The summed E-state index contributed by atoms with van der Waals surface area (Å²) in [5.74, 6) is -0.470. The van der Waals surface area contributed by atoms with Crippen LogP contribution < -0.4 is 0 Å². The number of nitro groups is 1. The highest BCUT2D eigenvalue weighted by atomic mass is 32.2. The van der Waals surface area contributed by atoms with Gasteiger partial charge in [-0.15, -0.1) is 0 Å². The lowest BCUT2D eigenvalue weighted by Crippen LogP contribution is -2.43. The van der Waals surface area contributed by atoms with Gasteiger partial charge in [0.15, 0.2) is 9.84 Å². The summed E-state index contributed by atoms with van der Waals surface area (Å²) in [4.78, 5) is 9.78. The quantitative estimate of drug-likeness (QED) is 0.572. The summed E-state index contributed by atoms with van der Waals surface area (Å²) in [7, 11) is -7.10. The Morgan fingerprint density at radius 2 is 1.80 bits per heavy atom. The van der Waals surface area contributed by atoms with Crippen molar-refractivity contribution in [3.63, 3.8) is 0 Å². The Kier molecular flexibility index (Phi) is 3.80. The van der Waals surface area contributed by atoms with Gasteiger partial charge in [-0.05, 0) is 6.07 Å². The molecule has 0 saturated carbocycles. The van der Waals surface area contributed by atoms with Crippen molar-refractivity contribution in [2.75, 3.05) is 24.6 Å². The summed E-state index contributed by atoms with van der Waals surface area (Å²) in [5.41, 5.74) is -0.323. The molecule has 0 N–H and O–H groups in total. The van der Waals surface area contributed by atoms with Crippen LogP contribution in [-0.4, -0.2) is 50.7 Å². The molecule has 1 aliphatic rings. The second-order valence-electron chi connectivity index (χ2n) is 4.31. The van der Waals surface area contributed by atoms with Crippen molar-refractivity contribution in [2.24, 2.45) is 0 Å². The van der Waals surface area contributed by atoms with Crippen LogP contribution >= 0.6 is 0 Å². The molecule has 8 nitrogen and oxygen atoms in total. The maximum Gasteiger partial charge on any atom is 0.270 e. The number of non-ortho nitro benzene ring substituents is 1. The number of nitro benzene ring substituents is 1. The second-order valence-corrected chi connectivity index (χ2v) is 8.55. The van der Waals surface area contributed by atoms with Crippen molar-refractivity contribution in [1.29, 1.82) is 0 Å². The summed E-state index contributed by atoms with van der Waals surface area (Å²) in [5, 5.41) is 10.7. The van der Waals surface area contributed by atoms with Gasteiger partial charge in [-0.2, -0.15) is 4.31 Å². The Morgan fingerprint density at radius 1 is 1.20 bits per heavy atom. The van der Waals surface area contributed by atoms with E-state index in [1.807, 2.05) is 0 Å². The lowest BCUT2D eigenvalue weighted by molar-refractivity contribution is -0.385. The van der Waals surface area contributed by atoms with Gasteiger partial charge < -0.3 is 0 Å². The Labute approximate surface area is 116 Å². The topological polar surface area (TPSA) is 115 Å². The van der Waals surface area contributed by atoms with Gasteiger partial charge in [0.25, 0.3) is 5.69 Å². The molecule has 1 aromatic carbocycles. The standard InChI is InChI=1S/C10H12N2O6S2/c13-12(14)9-2-1-3-10(8-9)20(17,18)11-4-6-19(15,16)7-5-11/h1-3,8H,4-7H2. The minimum atomic E-state index is -3.90. The largest absolute Gasteiger partial charge is 0.270 e. The third-order valence-electron chi connectivity index (χ3n) is 2.97. The molecular formula is C10H12N2O6S2. The summed E-state index contributed by atoms with van der Waals surface area (Å²) in [6.07, 6.45) is 0. The van der Waals surface area contributed by atoms with E-state index in [2.05, 4.69) is 0 Å². The van der Waals surface area contributed by atoms with Crippen LogP contribution in [-0.2, 0) is 19.9 Å². The van der Waals surface area contributed by atoms with Gasteiger partial charge in [0.2, 0.25) is 10.0 Å². The van der Waals surface area contributed by atoms with Gasteiger partial charge in [-0.3, -0.25) is 10.1 Å². The highest BCUT2D eigenvalue weighted by molar-refractivity contribution is 7.92. The molecule has 1 aromatic rings. The highest BCUT2D eigenvalue weighted by Crippen LogP contribution is 2.22. The van der Waals surface area contributed by atoms with E-state index in [1.165, 1.54) is 18.2 Å². The fourth-order valence-corrected chi connectivity index (χ4v) is 4.76. The minimum Gasteiger partial charge on any atom is -0.258 e. The number of rotatable bonds is 3. The van der Waals surface area contributed by atoms with E-state index in [4.69, 9.17) is 0 Å². The SMILES string of the molecule is O=[N+]([O-])c1cccc(S(=O)(=O)N2CCS(=O)(=O)CC2)c1. The molecule has 0 amide bonds. The Morgan fingerprint density at radius 3 is 2.35 bits per heavy atom. The first kappa shape index (κ1) is 14.9. The molecule has 1 saturated heterocycles. The maximum atomic E-state index is 12.3. The fourth-order valence-electron chi connectivity index (χ4n) is 1.84. The van der Waals surface area contributed by atoms with Gasteiger partial charge in [-0.25, -0.2) is 16.8 Å². The molecule has 0 bridgehead atoms. The van der Waals surface area contributed by atoms with Crippen molar-refractivity contribution >= 4 is 25.5 Å². The van der Waals surface area contributed by atoms with Gasteiger partial charge in [0.05, 0.1) is 21.3 Å². The number of sulfone groups is 1. The predicted molar refractivity (Wildman–Crippen MR) is 70.5 cm³/mol. The zero-order valence-electron chi connectivity index (χ0n) is 10.3. The van der Waals surface area contributed by atoms with E-state index in [-0.39, 0.29) is 35.2 Å². The van der Waals surface area contributed by atoms with E-state index in [9.17, 15) is 26.9 Å². The first-order valence-corrected chi connectivity index (χ1v) is 8.93. The molecule has 2 rings (SSSR count). The molecule has 110 valence electrons. The summed E-state index contributed by atoms with van der Waals surface area (Å²) < 4.78 is 48.2. The Balaban J connectivity index is 2.32. The van der Waals surface area contributed by atoms with Crippen LogP contribution in [0.1, 0.15) is 0 Å². The molecule has 1 heterocycles. The smallest absolute Gasteiger partial charge is 0.258 e. The Bertz CT molecular complexity index is 727. The highest BCUT2D eigenvalue weighted by Gasteiger charge is 2.31. The molecule has 0 atom stereocenters. The van der Waals surface area contributed by atoms with Crippen molar-refractivity contribution in [1.82, 2.24) is 4.31 Å². The van der Waals surface area contributed by atoms with Crippen LogP contribution in [0.15, 0.2) is 29.2 Å². The average molecular weight is 320 g/mol. The lowest BCUT2D eigenvalue weighted by Gasteiger charge is -2.25. The normalized spacial score (nSPS) is 19.6. The van der Waals surface area contributed by atoms with E-state index in [0.29, 0.717) is 0 Å². The first-order valence-electron chi connectivity index (χ1n) is 5.67. The van der Waals surface area contributed by atoms with Crippen LogP contribution in [0.25, 0.3) is 0 Å². The summed E-state index contributed by atoms with van der Waals surface area (Å²) in [6, 6.07) is 4.70. The van der Waals surface area contributed by atoms with Crippen molar-refractivity contribution in [3.8, 4) is 0 Å². The van der Waals surface area contributed by atoms with Gasteiger partial charge in [0.1, 0.15) is 0 Å². The number of nitrogens with zero attached hydrogens (tertiary/aromatic N) is 2. The third-order valence-corrected chi connectivity index (χ3v) is 6.47. The monoisotopic (exact) mass is 320 g/mol. The molecule has 0 spiro atoms. The van der Waals surface area contributed by atoms with E-state index < -0.39 is 24.8 Å². The zero-order valence-corrected chi connectivity index (χ0v) is 11.9. The number of hydrogen-bond donors (Lipinski definition) is 0. The molecule has 10 heteroatoms. The van der Waals surface area contributed by atoms with Gasteiger partial charge >= 0.3 is 0 Å². The number of hydrogen-bond acceptors (Lipinski definition) is 6. The molecule has 0 aromatic heterocycles. The van der Waals surface area contributed by atoms with Crippen LogP contribution in [0, 0.1) is 10.1 Å². The average Bonchev–Trinajstić information content (AvgIpc) is 2.38. The number of benzene rings is 1. The molecule has 20 heavy (non-hydrogen) atoms. The minimum absolute atomic E-state index is 0.132. The van der Waals surface area contributed by atoms with Crippen LogP contribution in [0.4, 0.5) is 5.69 Å². The maximum absolute atomic E-state index is 12.3. The van der Waals surface area contributed by atoms with Crippen LogP contribution in [0.2, 0.25) is 0 Å². The first-order chi connectivity index (χ1) is 9.22. The molecule has 0 radical (unpaired) electrons. The van der Waals surface area contributed by atoms with Crippen LogP contribution in [0.3, 0.4) is 0 Å². The van der Waals surface area contributed by atoms with Crippen LogP contribution in [0.5, 0.6) is 0 Å². The van der Waals surface area contributed by atoms with Crippen molar-refractivity contribution < 1.29 is 21.8 Å². The molecule has 0 unspecified atom stereocenters. The summed E-state index contributed by atoms with van der Waals surface area (Å²) >= 11 is 0. The van der Waals surface area contributed by atoms with E-state index in [1.54, 1.807) is 0 Å². The van der Waals surface area contributed by atoms with E-state index >= 15 is 0 Å². The van der Waals surface area contributed by atoms with Gasteiger partial charge in [-0.1, -0.05) is 6.07 Å². The Hall–Kier alpha value is -1.52. The van der Waals surface area contributed by atoms with Gasteiger partial charge in [0, 0.05) is 25.2 Å². The lowest BCUT2D eigenvalue weighted by atomic mass is 10.3. The van der Waals surface area contributed by atoms with Crippen molar-refractivity contribution in [2.45, 2.75) is 4.90 Å². The summed E-state index contributed by atoms with van der Waals surface area (Å²) in [6.45, 7) is -0.263. The third kappa shape index (κ3) is 2.97. The molecular weight excluding hydrogens is 308 g/mol. The van der Waals surface area contributed by atoms with E-state index in [0.717, 1.165) is 10.4 Å². The fraction of sp³-hybridized carbons (Fsp3) is 0.400. The van der Waals surface area contributed by atoms with Crippen molar-refractivity contribution in [3.05, 3.63) is 34.4 Å². The molecule has 1 fully saturated rings.